The maximum absolute atomic E-state index is 11.9. The molecule has 1 N–H and O–H groups in total. The van der Waals surface area contributed by atoms with E-state index in [9.17, 15) is 5.11 Å². The second-order valence-corrected chi connectivity index (χ2v) is 16.6. The van der Waals surface area contributed by atoms with Gasteiger partial charge in [-0.25, -0.2) is 9.50 Å². The number of nitrogens with zero attached hydrogens (tertiary/aromatic N) is 3. The third-order valence-electron chi connectivity index (χ3n) is 6.24. The van der Waals surface area contributed by atoms with Crippen LogP contribution >= 0.6 is 23.4 Å². The monoisotopic (exact) mass is 575 g/mol. The maximum Gasteiger partial charge on any atom is 0.188 e. The number of aromatic nitrogens is 3. The Kier molecular flexibility index (Phi) is 8.11. The van der Waals surface area contributed by atoms with Crippen LogP contribution < -0.4 is 10.1 Å². The van der Waals surface area contributed by atoms with E-state index in [1.807, 2.05) is 89.4 Å². The predicted molar refractivity (Wildman–Crippen MR) is 160 cm³/mol. The molecule has 39 heavy (non-hydrogen) atoms. The molecular formula is C30H30ClN3O3SSi. The Morgan fingerprint density at radius 3 is 2.44 bits per heavy atom. The molecule has 1 atom stereocenters. The van der Waals surface area contributed by atoms with E-state index >= 15 is 0 Å². The fourth-order valence-corrected chi connectivity index (χ4v) is 8.03. The van der Waals surface area contributed by atoms with Crippen molar-refractivity contribution in [3.8, 4) is 17.0 Å². The maximum atomic E-state index is 11.9. The molecule has 3 aromatic heterocycles. The minimum Gasteiger partial charge on any atom is -0.466 e. The van der Waals surface area contributed by atoms with Crippen LogP contribution in [0.25, 0.3) is 16.8 Å². The first-order valence-electron chi connectivity index (χ1n) is 12.6. The van der Waals surface area contributed by atoms with Gasteiger partial charge in [-0.1, -0.05) is 91.5 Å². The van der Waals surface area contributed by atoms with E-state index in [1.54, 1.807) is 7.11 Å². The van der Waals surface area contributed by atoms with Crippen LogP contribution in [0.4, 0.5) is 0 Å². The lowest BCUT2D eigenvalue weighted by Gasteiger charge is -2.20. The predicted octanol–water partition coefficient (Wildman–Crippen LogP) is 6.81. The molecule has 5 aromatic rings. The van der Waals surface area contributed by atoms with Crippen LogP contribution in [0.5, 0.6) is 5.75 Å². The molecule has 3 heterocycles. The molecule has 1 unspecified atom stereocenters. The zero-order valence-corrected chi connectivity index (χ0v) is 24.8. The number of hydrogen-bond donors (Lipinski definition) is 1. The molecule has 200 valence electrons. The fraction of sp³-hybridized carbons (Fsp3) is 0.200. The van der Waals surface area contributed by atoms with Gasteiger partial charge in [0.1, 0.15) is 25.0 Å². The van der Waals surface area contributed by atoms with Gasteiger partial charge in [-0.15, -0.1) is 0 Å². The lowest BCUT2D eigenvalue weighted by molar-refractivity contribution is 0.0491. The Morgan fingerprint density at radius 2 is 1.69 bits per heavy atom. The van der Waals surface area contributed by atoms with Gasteiger partial charge in [-0.05, 0) is 36.4 Å². The van der Waals surface area contributed by atoms with Gasteiger partial charge in [0.05, 0.1) is 26.8 Å². The molecule has 0 amide bonds. The van der Waals surface area contributed by atoms with Gasteiger partial charge in [-0.3, -0.25) is 0 Å². The minimum atomic E-state index is -1.89. The van der Waals surface area contributed by atoms with Crippen molar-refractivity contribution in [2.24, 2.45) is 0 Å². The van der Waals surface area contributed by atoms with Crippen molar-refractivity contribution < 1.29 is 14.6 Å². The third-order valence-corrected chi connectivity index (χ3v) is 9.60. The molecule has 0 spiro atoms. The second kappa shape index (κ2) is 11.5. The van der Waals surface area contributed by atoms with Crippen LogP contribution in [0.3, 0.4) is 0 Å². The molecular weight excluding hydrogens is 546 g/mol. The number of para-hydroxylation sites is 1. The zero-order valence-electron chi connectivity index (χ0n) is 22.3. The molecule has 0 aliphatic rings. The van der Waals surface area contributed by atoms with Crippen molar-refractivity contribution in [3.05, 3.63) is 101 Å². The summed E-state index contributed by atoms with van der Waals surface area (Å²) in [6.45, 7) is 6.88. The zero-order chi connectivity index (χ0) is 27.6. The Morgan fingerprint density at radius 1 is 0.949 bits per heavy atom. The molecule has 0 fully saturated rings. The molecule has 0 aliphatic carbocycles. The summed E-state index contributed by atoms with van der Waals surface area (Å²) in [6.07, 6.45) is -1.01. The first-order chi connectivity index (χ1) is 18.8. The largest absolute Gasteiger partial charge is 0.466 e. The van der Waals surface area contributed by atoms with Crippen LogP contribution in [-0.2, 0) is 4.74 Å². The SMILES string of the molecule is COCOc1ccccc1Sc1cccc(C(O)c2c(-c3ccccc3)nn3c([Si](C)(C)C)c(Cl)ccc23)n1. The van der Waals surface area contributed by atoms with E-state index in [-0.39, 0.29) is 6.79 Å². The van der Waals surface area contributed by atoms with Gasteiger partial charge in [0.25, 0.3) is 0 Å². The minimum absolute atomic E-state index is 0.157. The van der Waals surface area contributed by atoms with Crippen LogP contribution in [-0.4, -0.2) is 41.7 Å². The molecule has 0 saturated heterocycles. The highest BCUT2D eigenvalue weighted by Crippen LogP contribution is 2.37. The van der Waals surface area contributed by atoms with Crippen LogP contribution in [0, 0.1) is 0 Å². The Hall–Kier alpha value is -3.14. The number of aliphatic hydroxyl groups is 1. The quantitative estimate of drug-likeness (QED) is 0.154. The number of rotatable bonds is 9. The number of ether oxygens (including phenoxy) is 2. The number of pyridine rings is 2. The van der Waals surface area contributed by atoms with Crippen molar-refractivity contribution in [2.45, 2.75) is 35.7 Å². The van der Waals surface area contributed by atoms with Gasteiger partial charge < -0.3 is 14.6 Å². The normalized spacial score (nSPS) is 12.6. The Balaban J connectivity index is 1.61. The third kappa shape index (κ3) is 5.76. The summed E-state index contributed by atoms with van der Waals surface area (Å²) in [5.41, 5.74) is 3.69. The summed E-state index contributed by atoms with van der Waals surface area (Å²) in [7, 11) is -0.297. The van der Waals surface area contributed by atoms with E-state index in [2.05, 4.69) is 19.6 Å². The summed E-state index contributed by atoms with van der Waals surface area (Å²) >= 11 is 8.18. The molecule has 0 aliphatic heterocycles. The highest BCUT2D eigenvalue weighted by atomic mass is 35.5. The molecule has 9 heteroatoms. The van der Waals surface area contributed by atoms with Crippen molar-refractivity contribution in [1.82, 2.24) is 14.6 Å². The highest BCUT2D eigenvalue weighted by molar-refractivity contribution is 7.99. The summed E-state index contributed by atoms with van der Waals surface area (Å²) in [6, 6.07) is 27.2. The van der Waals surface area contributed by atoms with Crippen molar-refractivity contribution in [2.75, 3.05) is 13.9 Å². The lowest BCUT2D eigenvalue weighted by atomic mass is 10.00. The highest BCUT2D eigenvalue weighted by Gasteiger charge is 2.29. The number of fused-ring (bicyclic) bond motifs is 1. The van der Waals surface area contributed by atoms with Gasteiger partial charge in [-0.2, -0.15) is 5.10 Å². The average molecular weight is 576 g/mol. The number of aliphatic hydroxyl groups excluding tert-OH is 1. The van der Waals surface area contributed by atoms with Gasteiger partial charge in [0, 0.05) is 23.6 Å². The van der Waals surface area contributed by atoms with E-state index in [0.717, 1.165) is 26.3 Å². The first kappa shape index (κ1) is 27.4. The molecule has 6 nitrogen and oxygen atoms in total. The first-order valence-corrected chi connectivity index (χ1v) is 17.3. The number of halogens is 1. The molecule has 0 saturated carbocycles. The van der Waals surface area contributed by atoms with Crippen LogP contribution in [0.1, 0.15) is 17.4 Å². The summed E-state index contributed by atoms with van der Waals surface area (Å²) in [5.74, 6) is 0.710. The summed E-state index contributed by atoms with van der Waals surface area (Å²) in [5, 5.41) is 19.3. The van der Waals surface area contributed by atoms with E-state index < -0.39 is 14.2 Å². The smallest absolute Gasteiger partial charge is 0.188 e. The van der Waals surface area contributed by atoms with Gasteiger partial charge >= 0.3 is 0 Å². The van der Waals surface area contributed by atoms with E-state index in [0.29, 0.717) is 27.7 Å². The standard InChI is InChI=1S/C30H30ClN3O3SSi/c1-36-19-37-24-14-8-9-15-25(24)38-26-16-10-13-22(32-26)29(35)27-23-18-17-21(31)30(39(2,3)4)34(23)33-28(27)20-11-6-5-7-12-20/h5-18,29,35H,19H2,1-4H3. The number of hydrogen-bond acceptors (Lipinski definition) is 6. The van der Waals surface area contributed by atoms with Crippen molar-refractivity contribution >= 4 is 42.3 Å². The summed E-state index contributed by atoms with van der Waals surface area (Å²) in [4.78, 5) is 5.75. The molecule has 0 radical (unpaired) electrons. The second-order valence-electron chi connectivity index (χ2n) is 10.1. The number of methoxy groups -OCH3 is 1. The molecule has 2 aromatic carbocycles. The topological polar surface area (TPSA) is 68.9 Å². The average Bonchev–Trinajstić information content (AvgIpc) is 3.31. The Bertz CT molecular complexity index is 1600. The van der Waals surface area contributed by atoms with Gasteiger partial charge in [0.2, 0.25) is 0 Å². The number of benzene rings is 2. The van der Waals surface area contributed by atoms with E-state index in [4.69, 9.17) is 31.2 Å². The van der Waals surface area contributed by atoms with Gasteiger partial charge in [0.15, 0.2) is 6.79 Å². The van der Waals surface area contributed by atoms with Crippen molar-refractivity contribution in [1.29, 1.82) is 0 Å². The van der Waals surface area contributed by atoms with E-state index in [1.165, 1.54) is 11.8 Å². The van der Waals surface area contributed by atoms with Crippen LogP contribution in [0.15, 0.2) is 94.9 Å². The lowest BCUT2D eigenvalue weighted by Crippen LogP contribution is -2.43. The Labute approximate surface area is 238 Å². The van der Waals surface area contributed by atoms with Crippen molar-refractivity contribution in [3.63, 3.8) is 0 Å². The van der Waals surface area contributed by atoms with Crippen LogP contribution in [0.2, 0.25) is 24.7 Å². The summed E-state index contributed by atoms with van der Waals surface area (Å²) < 4.78 is 12.7. The fourth-order valence-electron chi connectivity index (χ4n) is 4.54. The molecule has 5 rings (SSSR count). The molecule has 0 bridgehead atoms.